The molecule has 104 valence electrons. The molecule has 0 aliphatic carbocycles. The molecule has 1 amide bonds. The van der Waals surface area contributed by atoms with Crippen LogP contribution in [0, 0.1) is 0 Å². The molecular formula is C17H19NO2. The Kier molecular flexibility index (Phi) is 5.18. The predicted octanol–water partition coefficient (Wildman–Crippen LogP) is 3.06. The van der Waals surface area contributed by atoms with Crippen molar-refractivity contribution < 1.29 is 9.53 Å². The molecule has 0 unspecified atom stereocenters. The van der Waals surface area contributed by atoms with Crippen molar-refractivity contribution in [1.29, 1.82) is 0 Å². The summed E-state index contributed by atoms with van der Waals surface area (Å²) in [5.74, 6) is 0.853. The zero-order valence-corrected chi connectivity index (χ0v) is 11.6. The first-order chi connectivity index (χ1) is 9.79. The maximum Gasteiger partial charge on any atom is 0.251 e. The number of hydrogen-bond donors (Lipinski definition) is 1. The summed E-state index contributed by atoms with van der Waals surface area (Å²) in [6.45, 7) is 0.680. The second-order valence-corrected chi connectivity index (χ2v) is 4.57. The van der Waals surface area contributed by atoms with Gasteiger partial charge in [-0.1, -0.05) is 30.3 Å². The highest BCUT2D eigenvalue weighted by Crippen LogP contribution is 2.12. The third-order valence-electron chi connectivity index (χ3n) is 3.12. The number of ether oxygens (including phenoxy) is 1. The number of amides is 1. The van der Waals surface area contributed by atoms with E-state index in [-0.39, 0.29) is 5.91 Å². The SMILES string of the molecule is COc1ccc(CCCNC(=O)c2ccccc2)cc1. The van der Waals surface area contributed by atoms with E-state index in [2.05, 4.69) is 17.4 Å². The summed E-state index contributed by atoms with van der Waals surface area (Å²) in [6, 6.07) is 17.3. The maximum absolute atomic E-state index is 11.8. The lowest BCUT2D eigenvalue weighted by Crippen LogP contribution is -2.24. The molecule has 3 nitrogen and oxygen atoms in total. The van der Waals surface area contributed by atoms with Crippen molar-refractivity contribution in [3.05, 3.63) is 65.7 Å². The molecule has 0 heterocycles. The number of hydrogen-bond acceptors (Lipinski definition) is 2. The van der Waals surface area contributed by atoms with E-state index in [1.54, 1.807) is 7.11 Å². The topological polar surface area (TPSA) is 38.3 Å². The zero-order valence-electron chi connectivity index (χ0n) is 11.6. The van der Waals surface area contributed by atoms with Crippen LogP contribution in [0.5, 0.6) is 5.75 Å². The molecule has 20 heavy (non-hydrogen) atoms. The van der Waals surface area contributed by atoms with Crippen LogP contribution in [0.4, 0.5) is 0 Å². The van der Waals surface area contributed by atoms with Gasteiger partial charge in [-0.2, -0.15) is 0 Å². The van der Waals surface area contributed by atoms with Crippen LogP contribution in [0.1, 0.15) is 22.3 Å². The standard InChI is InChI=1S/C17H19NO2/c1-20-16-11-9-14(10-12-16)6-5-13-18-17(19)15-7-3-2-4-8-15/h2-4,7-12H,5-6,13H2,1H3,(H,18,19). The molecule has 1 N–H and O–H groups in total. The fourth-order valence-corrected chi connectivity index (χ4v) is 1.98. The summed E-state index contributed by atoms with van der Waals surface area (Å²) < 4.78 is 5.12. The van der Waals surface area contributed by atoms with E-state index in [0.717, 1.165) is 18.6 Å². The minimum absolute atomic E-state index is 0.0136. The number of carbonyl (C=O) groups is 1. The van der Waals surface area contributed by atoms with Gasteiger partial charge in [-0.25, -0.2) is 0 Å². The summed E-state index contributed by atoms with van der Waals surface area (Å²) >= 11 is 0. The van der Waals surface area contributed by atoms with Crippen LogP contribution in [-0.4, -0.2) is 19.6 Å². The van der Waals surface area contributed by atoms with Crippen LogP contribution in [-0.2, 0) is 6.42 Å². The first kappa shape index (κ1) is 14.1. The van der Waals surface area contributed by atoms with E-state index in [0.29, 0.717) is 12.1 Å². The molecule has 0 aromatic heterocycles. The maximum atomic E-state index is 11.8. The Labute approximate surface area is 119 Å². The average Bonchev–Trinajstić information content (AvgIpc) is 2.53. The Balaban J connectivity index is 1.72. The van der Waals surface area contributed by atoms with Gasteiger partial charge in [0, 0.05) is 12.1 Å². The minimum atomic E-state index is -0.0136. The lowest BCUT2D eigenvalue weighted by Gasteiger charge is -2.06. The summed E-state index contributed by atoms with van der Waals surface area (Å²) in [7, 11) is 1.66. The number of carbonyl (C=O) groups excluding carboxylic acids is 1. The van der Waals surface area contributed by atoms with E-state index in [4.69, 9.17) is 4.74 Å². The quantitative estimate of drug-likeness (QED) is 0.818. The van der Waals surface area contributed by atoms with Gasteiger partial charge in [-0.3, -0.25) is 4.79 Å². The summed E-state index contributed by atoms with van der Waals surface area (Å²) in [6.07, 6.45) is 1.87. The number of methoxy groups -OCH3 is 1. The molecule has 2 rings (SSSR count). The third-order valence-corrected chi connectivity index (χ3v) is 3.12. The van der Waals surface area contributed by atoms with Gasteiger partial charge >= 0.3 is 0 Å². The third kappa shape index (κ3) is 4.12. The molecule has 0 saturated heterocycles. The number of nitrogens with one attached hydrogen (secondary N) is 1. The van der Waals surface area contributed by atoms with Gasteiger partial charge in [0.05, 0.1) is 7.11 Å². The van der Waals surface area contributed by atoms with Crippen molar-refractivity contribution in [2.45, 2.75) is 12.8 Å². The number of benzene rings is 2. The second-order valence-electron chi connectivity index (χ2n) is 4.57. The van der Waals surface area contributed by atoms with Gasteiger partial charge in [0.25, 0.3) is 5.91 Å². The summed E-state index contributed by atoms with van der Waals surface area (Å²) in [4.78, 5) is 11.8. The fraction of sp³-hybridized carbons (Fsp3) is 0.235. The van der Waals surface area contributed by atoms with Crippen molar-refractivity contribution in [2.24, 2.45) is 0 Å². The molecule has 0 radical (unpaired) electrons. The number of aryl methyl sites for hydroxylation is 1. The lowest BCUT2D eigenvalue weighted by atomic mass is 10.1. The first-order valence-electron chi connectivity index (χ1n) is 6.76. The highest BCUT2D eigenvalue weighted by molar-refractivity contribution is 5.94. The molecule has 0 saturated carbocycles. The zero-order chi connectivity index (χ0) is 14.2. The van der Waals surface area contributed by atoms with Crippen molar-refractivity contribution in [3.8, 4) is 5.75 Å². The van der Waals surface area contributed by atoms with Gasteiger partial charge in [-0.05, 0) is 42.7 Å². The van der Waals surface area contributed by atoms with Crippen LogP contribution in [0.25, 0.3) is 0 Å². The van der Waals surface area contributed by atoms with Crippen molar-refractivity contribution in [3.63, 3.8) is 0 Å². The van der Waals surface area contributed by atoms with Gasteiger partial charge in [0.15, 0.2) is 0 Å². The molecule has 3 heteroatoms. The van der Waals surface area contributed by atoms with E-state index >= 15 is 0 Å². The molecule has 0 spiro atoms. The smallest absolute Gasteiger partial charge is 0.251 e. The second kappa shape index (κ2) is 7.34. The monoisotopic (exact) mass is 269 g/mol. The van der Waals surface area contributed by atoms with E-state index in [1.807, 2.05) is 42.5 Å². The van der Waals surface area contributed by atoms with Crippen molar-refractivity contribution in [1.82, 2.24) is 5.32 Å². The first-order valence-corrected chi connectivity index (χ1v) is 6.76. The molecular weight excluding hydrogens is 250 g/mol. The van der Waals surface area contributed by atoms with Gasteiger partial charge in [0.1, 0.15) is 5.75 Å². The van der Waals surface area contributed by atoms with E-state index in [9.17, 15) is 4.79 Å². The molecule has 0 aliphatic heterocycles. The Morgan fingerprint density at radius 2 is 1.75 bits per heavy atom. The Hall–Kier alpha value is -2.29. The normalized spacial score (nSPS) is 10.1. The average molecular weight is 269 g/mol. The Bertz CT molecular complexity index is 535. The van der Waals surface area contributed by atoms with Crippen LogP contribution in [0.15, 0.2) is 54.6 Å². The van der Waals surface area contributed by atoms with E-state index in [1.165, 1.54) is 5.56 Å². The van der Waals surface area contributed by atoms with Gasteiger partial charge in [0.2, 0.25) is 0 Å². The summed E-state index contributed by atoms with van der Waals surface area (Å²) in [5.41, 5.74) is 1.96. The highest BCUT2D eigenvalue weighted by atomic mass is 16.5. The number of rotatable bonds is 6. The minimum Gasteiger partial charge on any atom is -0.497 e. The Morgan fingerprint density at radius 3 is 2.40 bits per heavy atom. The highest BCUT2D eigenvalue weighted by Gasteiger charge is 2.02. The molecule has 2 aromatic rings. The fourth-order valence-electron chi connectivity index (χ4n) is 1.98. The van der Waals surface area contributed by atoms with Crippen LogP contribution >= 0.6 is 0 Å². The lowest BCUT2D eigenvalue weighted by molar-refractivity contribution is 0.0953. The van der Waals surface area contributed by atoms with Gasteiger partial charge in [-0.15, -0.1) is 0 Å². The molecule has 2 aromatic carbocycles. The van der Waals surface area contributed by atoms with Crippen LogP contribution in [0.2, 0.25) is 0 Å². The van der Waals surface area contributed by atoms with Crippen LogP contribution < -0.4 is 10.1 Å². The molecule has 0 aliphatic rings. The molecule has 0 bridgehead atoms. The predicted molar refractivity (Wildman–Crippen MR) is 80.1 cm³/mol. The van der Waals surface area contributed by atoms with Crippen molar-refractivity contribution >= 4 is 5.91 Å². The van der Waals surface area contributed by atoms with Crippen molar-refractivity contribution in [2.75, 3.05) is 13.7 Å². The van der Waals surface area contributed by atoms with Crippen LogP contribution in [0.3, 0.4) is 0 Å². The largest absolute Gasteiger partial charge is 0.497 e. The van der Waals surface area contributed by atoms with Gasteiger partial charge < -0.3 is 10.1 Å². The van der Waals surface area contributed by atoms with E-state index < -0.39 is 0 Å². The molecule has 0 fully saturated rings. The molecule has 0 atom stereocenters. The Morgan fingerprint density at radius 1 is 1.05 bits per heavy atom. The summed E-state index contributed by atoms with van der Waals surface area (Å²) in [5, 5.41) is 2.93.